The van der Waals surface area contributed by atoms with Crippen LogP contribution in [0.15, 0.2) is 18.2 Å². The van der Waals surface area contributed by atoms with Crippen molar-refractivity contribution >= 4 is 0 Å². The third-order valence-electron chi connectivity index (χ3n) is 4.00. The highest BCUT2D eigenvalue weighted by molar-refractivity contribution is 5.34. The molecule has 1 saturated carbocycles. The summed E-state index contributed by atoms with van der Waals surface area (Å²) < 4.78 is 18.5. The normalized spacial score (nSPS) is 16.1. The summed E-state index contributed by atoms with van der Waals surface area (Å²) in [5.74, 6) is 0.317. The molecule has 2 rings (SSSR count). The van der Waals surface area contributed by atoms with Gasteiger partial charge >= 0.3 is 0 Å². The average Bonchev–Trinajstić information content (AvgIpc) is 3.29. The van der Waals surface area contributed by atoms with E-state index in [-0.39, 0.29) is 5.56 Å². The summed E-state index contributed by atoms with van der Waals surface area (Å²) in [6.45, 7) is 4.51. The Morgan fingerprint density at radius 1 is 1.50 bits per heavy atom. The van der Waals surface area contributed by atoms with E-state index in [9.17, 15) is 4.39 Å². The zero-order valence-corrected chi connectivity index (χ0v) is 12.1. The molecule has 108 valence electrons. The fraction of sp³-hybridized carbons (Fsp3) is 0.562. The van der Waals surface area contributed by atoms with Crippen LogP contribution in [0.5, 0.6) is 0 Å². The maximum atomic E-state index is 13.4. The van der Waals surface area contributed by atoms with Gasteiger partial charge in [0, 0.05) is 26.2 Å². The van der Waals surface area contributed by atoms with E-state index in [4.69, 9.17) is 10.00 Å². The van der Waals surface area contributed by atoms with Crippen LogP contribution in [0.1, 0.15) is 30.9 Å². The number of halogens is 1. The molecule has 0 N–H and O–H groups in total. The van der Waals surface area contributed by atoms with Gasteiger partial charge in [0.05, 0.1) is 12.2 Å². The summed E-state index contributed by atoms with van der Waals surface area (Å²) in [4.78, 5) is 2.36. The molecule has 0 aliphatic heterocycles. The van der Waals surface area contributed by atoms with Crippen LogP contribution in [0.3, 0.4) is 0 Å². The van der Waals surface area contributed by atoms with Crippen LogP contribution in [-0.4, -0.2) is 31.2 Å². The van der Waals surface area contributed by atoms with Gasteiger partial charge in [-0.05, 0) is 43.4 Å². The minimum absolute atomic E-state index is 0.119. The summed E-state index contributed by atoms with van der Waals surface area (Å²) in [6, 6.07) is 7.19. The lowest BCUT2D eigenvalue weighted by molar-refractivity contribution is 0.111. The molecule has 1 aliphatic rings. The lowest BCUT2D eigenvalue weighted by atomic mass is 10.1. The van der Waals surface area contributed by atoms with Gasteiger partial charge in [-0.1, -0.05) is 6.07 Å². The molecule has 0 heterocycles. The lowest BCUT2D eigenvalue weighted by Gasteiger charge is -2.29. The molecule has 1 aromatic carbocycles. The second kappa shape index (κ2) is 6.83. The third kappa shape index (κ3) is 3.78. The van der Waals surface area contributed by atoms with E-state index in [0.29, 0.717) is 12.6 Å². The predicted molar refractivity (Wildman–Crippen MR) is 75.6 cm³/mol. The van der Waals surface area contributed by atoms with Crippen molar-refractivity contribution in [3.8, 4) is 6.07 Å². The van der Waals surface area contributed by atoms with Crippen molar-refractivity contribution in [1.29, 1.82) is 5.26 Å². The Morgan fingerprint density at radius 2 is 2.25 bits per heavy atom. The van der Waals surface area contributed by atoms with Gasteiger partial charge in [-0.2, -0.15) is 5.26 Å². The summed E-state index contributed by atoms with van der Waals surface area (Å²) in [7, 11) is 1.70. The molecule has 1 atom stereocenters. The van der Waals surface area contributed by atoms with Gasteiger partial charge in [0.25, 0.3) is 0 Å². The van der Waals surface area contributed by atoms with Crippen LogP contribution in [0, 0.1) is 23.1 Å². The van der Waals surface area contributed by atoms with Crippen molar-refractivity contribution in [2.24, 2.45) is 5.92 Å². The molecule has 1 aliphatic carbocycles. The zero-order chi connectivity index (χ0) is 14.5. The Kier molecular flexibility index (Phi) is 5.11. The minimum Gasteiger partial charge on any atom is -0.383 e. The Labute approximate surface area is 120 Å². The van der Waals surface area contributed by atoms with E-state index in [1.165, 1.54) is 18.9 Å². The molecule has 4 heteroatoms. The zero-order valence-electron chi connectivity index (χ0n) is 12.1. The molecule has 0 bridgehead atoms. The molecule has 20 heavy (non-hydrogen) atoms. The van der Waals surface area contributed by atoms with Crippen LogP contribution in [-0.2, 0) is 11.3 Å². The standard InChI is InChI=1S/C16H21FN2O/c1-12(14-4-5-14)19(7-8-20-2)11-13-3-6-16(17)15(9-13)10-18/h3,6,9,12,14H,4-5,7-8,11H2,1-2H3. The van der Waals surface area contributed by atoms with E-state index in [0.717, 1.165) is 24.6 Å². The molecule has 0 aromatic heterocycles. The van der Waals surface area contributed by atoms with Gasteiger partial charge in [0.1, 0.15) is 11.9 Å². The molecule has 0 spiro atoms. The molecule has 0 saturated heterocycles. The molecular formula is C16H21FN2O. The van der Waals surface area contributed by atoms with E-state index >= 15 is 0 Å². The summed E-state index contributed by atoms with van der Waals surface area (Å²) >= 11 is 0. The minimum atomic E-state index is -0.449. The molecule has 1 unspecified atom stereocenters. The molecule has 1 aromatic rings. The van der Waals surface area contributed by atoms with E-state index in [1.54, 1.807) is 19.2 Å². The van der Waals surface area contributed by atoms with E-state index in [2.05, 4.69) is 11.8 Å². The maximum absolute atomic E-state index is 13.4. The fourth-order valence-corrected chi connectivity index (χ4v) is 2.50. The Balaban J connectivity index is 2.08. The molecule has 0 amide bonds. The SMILES string of the molecule is COCCN(Cc1ccc(F)c(C#N)c1)C(C)C1CC1. The first-order chi connectivity index (χ1) is 9.65. The van der Waals surface area contributed by atoms with Crippen LogP contribution in [0.25, 0.3) is 0 Å². The van der Waals surface area contributed by atoms with Gasteiger partial charge in [0.2, 0.25) is 0 Å². The number of nitrogens with zero attached hydrogens (tertiary/aromatic N) is 2. The van der Waals surface area contributed by atoms with Crippen LogP contribution >= 0.6 is 0 Å². The number of ether oxygens (including phenoxy) is 1. The molecule has 1 fully saturated rings. The number of rotatable bonds is 7. The maximum Gasteiger partial charge on any atom is 0.140 e. The monoisotopic (exact) mass is 276 g/mol. The largest absolute Gasteiger partial charge is 0.383 e. The van der Waals surface area contributed by atoms with Gasteiger partial charge in [-0.25, -0.2) is 4.39 Å². The van der Waals surface area contributed by atoms with Crippen molar-refractivity contribution in [2.75, 3.05) is 20.3 Å². The third-order valence-corrected chi connectivity index (χ3v) is 4.00. The first-order valence-corrected chi connectivity index (χ1v) is 7.07. The summed E-state index contributed by atoms with van der Waals surface area (Å²) in [5, 5.41) is 8.90. The van der Waals surface area contributed by atoms with Crippen LogP contribution in [0.2, 0.25) is 0 Å². The quantitative estimate of drug-likeness (QED) is 0.768. The number of hydrogen-bond acceptors (Lipinski definition) is 3. The topological polar surface area (TPSA) is 36.3 Å². The second-order valence-corrected chi connectivity index (χ2v) is 5.47. The number of nitriles is 1. The second-order valence-electron chi connectivity index (χ2n) is 5.47. The number of methoxy groups -OCH3 is 1. The number of benzene rings is 1. The van der Waals surface area contributed by atoms with Crippen molar-refractivity contribution in [2.45, 2.75) is 32.4 Å². The van der Waals surface area contributed by atoms with Gasteiger partial charge in [0.15, 0.2) is 0 Å². The van der Waals surface area contributed by atoms with Gasteiger partial charge in [-0.3, -0.25) is 4.90 Å². The molecular weight excluding hydrogens is 255 g/mol. The van der Waals surface area contributed by atoms with Crippen LogP contribution in [0.4, 0.5) is 4.39 Å². The fourth-order valence-electron chi connectivity index (χ4n) is 2.50. The summed E-state index contributed by atoms with van der Waals surface area (Å²) in [6.07, 6.45) is 2.58. The van der Waals surface area contributed by atoms with Gasteiger partial charge < -0.3 is 4.74 Å². The lowest BCUT2D eigenvalue weighted by Crippen LogP contribution is -2.36. The van der Waals surface area contributed by atoms with Crippen molar-refractivity contribution in [1.82, 2.24) is 4.90 Å². The average molecular weight is 276 g/mol. The Morgan fingerprint density at radius 3 is 2.85 bits per heavy atom. The first-order valence-electron chi connectivity index (χ1n) is 7.07. The van der Waals surface area contributed by atoms with E-state index in [1.807, 2.05) is 6.07 Å². The predicted octanol–water partition coefficient (Wildman–Crippen LogP) is 2.94. The highest BCUT2D eigenvalue weighted by atomic mass is 19.1. The smallest absolute Gasteiger partial charge is 0.140 e. The van der Waals surface area contributed by atoms with Crippen molar-refractivity contribution in [3.63, 3.8) is 0 Å². The Bertz CT molecular complexity index is 494. The highest BCUT2D eigenvalue weighted by Gasteiger charge is 2.31. The number of hydrogen-bond donors (Lipinski definition) is 0. The van der Waals surface area contributed by atoms with Crippen LogP contribution < -0.4 is 0 Å². The molecule has 0 radical (unpaired) electrons. The van der Waals surface area contributed by atoms with E-state index < -0.39 is 5.82 Å². The first kappa shape index (κ1) is 15.0. The van der Waals surface area contributed by atoms with Crippen molar-refractivity contribution < 1.29 is 9.13 Å². The summed E-state index contributed by atoms with van der Waals surface area (Å²) in [5.41, 5.74) is 1.10. The Hall–Kier alpha value is -1.44. The highest BCUT2D eigenvalue weighted by Crippen LogP contribution is 2.35. The van der Waals surface area contributed by atoms with Gasteiger partial charge in [-0.15, -0.1) is 0 Å². The van der Waals surface area contributed by atoms with Crippen molar-refractivity contribution in [3.05, 3.63) is 35.1 Å². The molecule has 3 nitrogen and oxygen atoms in total.